The molecule has 0 aromatic rings. The average molecular weight is 185 g/mol. The van der Waals surface area contributed by atoms with Gasteiger partial charge in [0.15, 0.2) is 0 Å². The first-order valence-electron chi connectivity index (χ1n) is 4.33. The number of ether oxygens (including phenoxy) is 1. The van der Waals surface area contributed by atoms with E-state index in [9.17, 15) is 4.79 Å². The van der Waals surface area contributed by atoms with Gasteiger partial charge in [0.2, 0.25) is 0 Å². The molecule has 0 aliphatic carbocycles. The number of rotatable bonds is 5. The molecule has 0 unspecified atom stereocenters. The van der Waals surface area contributed by atoms with E-state index >= 15 is 0 Å². The molecule has 0 heterocycles. The number of hydrogen-bond acceptors (Lipinski definition) is 2. The van der Waals surface area contributed by atoms with Gasteiger partial charge in [0.05, 0.1) is 20.6 Å². The van der Waals surface area contributed by atoms with Crippen LogP contribution in [0, 0.1) is 6.92 Å². The van der Waals surface area contributed by atoms with Crippen molar-refractivity contribution in [2.75, 3.05) is 33.8 Å². The minimum absolute atomic E-state index is 0.316. The fraction of sp³-hybridized carbons (Fsp3) is 0.600. The number of nitrogens with zero attached hydrogens (tertiary/aromatic N) is 1. The van der Waals surface area contributed by atoms with Crippen LogP contribution in [0.4, 0.5) is 0 Å². The third kappa shape index (κ3) is 5.42. The fourth-order valence-corrected chi connectivity index (χ4v) is 0.620. The molecule has 0 saturated carbocycles. The van der Waals surface area contributed by atoms with E-state index < -0.39 is 0 Å². The topological polar surface area (TPSA) is 26.3 Å². The lowest BCUT2D eigenvalue weighted by molar-refractivity contribution is -0.885. The summed E-state index contributed by atoms with van der Waals surface area (Å²) in [4.78, 5) is 11.0. The van der Waals surface area contributed by atoms with E-state index in [1.54, 1.807) is 6.92 Å². The monoisotopic (exact) mass is 185 g/mol. The van der Waals surface area contributed by atoms with Crippen molar-refractivity contribution in [3.63, 3.8) is 0 Å². The molecule has 0 saturated heterocycles. The summed E-state index contributed by atoms with van der Waals surface area (Å²) < 4.78 is 5.71. The zero-order valence-corrected chi connectivity index (χ0v) is 8.80. The minimum atomic E-state index is -0.316. The first kappa shape index (κ1) is 12.2. The Morgan fingerprint density at radius 1 is 1.46 bits per heavy atom. The molecule has 0 aliphatic heterocycles. The first-order chi connectivity index (χ1) is 5.89. The van der Waals surface area contributed by atoms with E-state index in [4.69, 9.17) is 4.74 Å². The van der Waals surface area contributed by atoms with E-state index in [2.05, 4.69) is 13.5 Å². The smallest absolute Gasteiger partial charge is 0.333 e. The molecule has 0 amide bonds. The van der Waals surface area contributed by atoms with Crippen LogP contribution in [0.2, 0.25) is 0 Å². The summed E-state index contributed by atoms with van der Waals surface area (Å²) in [6.07, 6.45) is 0. The summed E-state index contributed by atoms with van der Waals surface area (Å²) in [6, 6.07) is 0. The molecule has 3 heteroatoms. The molecule has 0 fully saturated rings. The summed E-state index contributed by atoms with van der Waals surface area (Å²) in [5.41, 5.74) is 0.444. The Morgan fingerprint density at radius 2 is 2.00 bits per heavy atom. The summed E-state index contributed by atoms with van der Waals surface area (Å²) in [5, 5.41) is 0. The summed E-state index contributed by atoms with van der Waals surface area (Å²) in [7, 11) is 4.09. The molecule has 0 atom stereocenters. The van der Waals surface area contributed by atoms with E-state index in [1.807, 2.05) is 14.1 Å². The second kappa shape index (κ2) is 5.02. The van der Waals surface area contributed by atoms with Gasteiger partial charge in [0, 0.05) is 12.5 Å². The van der Waals surface area contributed by atoms with Gasteiger partial charge in [-0.05, 0) is 6.92 Å². The van der Waals surface area contributed by atoms with E-state index in [0.717, 1.165) is 17.6 Å². The molecular weight excluding hydrogens is 166 g/mol. The zero-order chi connectivity index (χ0) is 10.5. The van der Waals surface area contributed by atoms with Crippen molar-refractivity contribution in [2.45, 2.75) is 6.92 Å². The third-order valence-corrected chi connectivity index (χ3v) is 1.88. The highest BCUT2D eigenvalue weighted by molar-refractivity contribution is 5.86. The normalized spacial score (nSPS) is 11.1. The standard InChI is InChI=1S/C10H19NO2/c1-6-11(4,5)7-8-13-10(12)9(2)3/h1-2,6-8H2,3-5H3/q+1. The van der Waals surface area contributed by atoms with Crippen molar-refractivity contribution < 1.29 is 14.0 Å². The molecule has 0 aliphatic rings. The Kier molecular flexibility index (Phi) is 4.70. The maximum atomic E-state index is 11.0. The highest BCUT2D eigenvalue weighted by Crippen LogP contribution is 1.97. The Labute approximate surface area is 80.6 Å². The lowest BCUT2D eigenvalue weighted by Crippen LogP contribution is -2.42. The Hall–Kier alpha value is -0.830. The molecule has 0 N–H and O–H groups in total. The van der Waals surface area contributed by atoms with Crippen molar-refractivity contribution in [1.29, 1.82) is 0 Å². The maximum Gasteiger partial charge on any atom is 0.333 e. The van der Waals surface area contributed by atoms with Crippen LogP contribution in [-0.4, -0.2) is 44.2 Å². The Bertz CT molecular complexity index is 197. The Morgan fingerprint density at radius 3 is 2.38 bits per heavy atom. The van der Waals surface area contributed by atoms with Gasteiger partial charge in [-0.1, -0.05) is 6.58 Å². The number of carbonyl (C=O) groups excluding carboxylic acids is 1. The zero-order valence-electron chi connectivity index (χ0n) is 8.80. The predicted octanol–water partition coefficient (Wildman–Crippen LogP) is 1.02. The summed E-state index contributed by atoms with van der Waals surface area (Å²) in [5.74, 6) is -0.316. The van der Waals surface area contributed by atoms with Crippen LogP contribution < -0.4 is 0 Å². The molecule has 3 nitrogen and oxygen atoms in total. The Balaban J connectivity index is 3.68. The highest BCUT2D eigenvalue weighted by atomic mass is 16.5. The average Bonchev–Trinajstić information content (AvgIpc) is 2.04. The number of quaternary nitrogens is 1. The van der Waals surface area contributed by atoms with Gasteiger partial charge in [-0.25, -0.2) is 4.79 Å². The molecule has 0 aromatic heterocycles. The minimum Gasteiger partial charge on any atom is -0.456 e. The van der Waals surface area contributed by atoms with Gasteiger partial charge in [-0.3, -0.25) is 0 Å². The molecule has 0 aromatic carbocycles. The molecule has 13 heavy (non-hydrogen) atoms. The van der Waals surface area contributed by atoms with Crippen LogP contribution in [0.3, 0.4) is 0 Å². The number of esters is 1. The van der Waals surface area contributed by atoms with Crippen molar-refractivity contribution in [2.24, 2.45) is 0 Å². The number of likely N-dealkylation sites (N-methyl/N-ethyl adjacent to an activating group) is 1. The van der Waals surface area contributed by atoms with Crippen LogP contribution in [0.15, 0.2) is 12.2 Å². The van der Waals surface area contributed by atoms with E-state index in [1.165, 1.54) is 0 Å². The lowest BCUT2D eigenvalue weighted by Gasteiger charge is -2.27. The third-order valence-electron chi connectivity index (χ3n) is 1.88. The van der Waals surface area contributed by atoms with Gasteiger partial charge in [0.1, 0.15) is 13.2 Å². The SMILES string of the molecule is [CH2]C[N+](C)(C)CCOC(=O)C(=C)C. The van der Waals surface area contributed by atoms with Crippen molar-refractivity contribution in [1.82, 2.24) is 0 Å². The lowest BCUT2D eigenvalue weighted by atomic mass is 10.4. The summed E-state index contributed by atoms with van der Waals surface area (Å²) >= 11 is 0. The second-order valence-corrected chi connectivity index (χ2v) is 3.80. The van der Waals surface area contributed by atoms with Crippen LogP contribution in [0.5, 0.6) is 0 Å². The second-order valence-electron chi connectivity index (χ2n) is 3.80. The molecule has 0 bridgehead atoms. The van der Waals surface area contributed by atoms with E-state index in [0.29, 0.717) is 12.2 Å². The predicted molar refractivity (Wildman–Crippen MR) is 53.0 cm³/mol. The van der Waals surface area contributed by atoms with Gasteiger partial charge in [-0.2, -0.15) is 0 Å². The van der Waals surface area contributed by atoms with Gasteiger partial charge >= 0.3 is 5.97 Å². The van der Waals surface area contributed by atoms with Crippen molar-refractivity contribution >= 4 is 5.97 Å². The van der Waals surface area contributed by atoms with Gasteiger partial charge in [0.25, 0.3) is 0 Å². The van der Waals surface area contributed by atoms with Crippen LogP contribution in [0.1, 0.15) is 6.92 Å². The fourth-order valence-electron chi connectivity index (χ4n) is 0.620. The molecular formula is C10H19NO2+. The molecule has 75 valence electrons. The summed E-state index contributed by atoms with van der Waals surface area (Å²) in [6.45, 7) is 10.9. The largest absolute Gasteiger partial charge is 0.456 e. The van der Waals surface area contributed by atoms with Crippen molar-refractivity contribution in [3.05, 3.63) is 19.1 Å². The number of carbonyl (C=O) groups is 1. The van der Waals surface area contributed by atoms with Crippen LogP contribution in [-0.2, 0) is 9.53 Å². The van der Waals surface area contributed by atoms with Gasteiger partial charge < -0.3 is 9.22 Å². The number of hydrogen-bond donors (Lipinski definition) is 0. The van der Waals surface area contributed by atoms with Gasteiger partial charge in [-0.15, -0.1) is 0 Å². The first-order valence-corrected chi connectivity index (χ1v) is 4.33. The maximum absolute atomic E-state index is 11.0. The molecule has 1 radical (unpaired) electrons. The van der Waals surface area contributed by atoms with Crippen LogP contribution in [0.25, 0.3) is 0 Å². The highest BCUT2D eigenvalue weighted by Gasteiger charge is 2.12. The molecule has 0 spiro atoms. The van der Waals surface area contributed by atoms with E-state index in [-0.39, 0.29) is 5.97 Å². The van der Waals surface area contributed by atoms with Crippen molar-refractivity contribution in [3.8, 4) is 0 Å². The quantitative estimate of drug-likeness (QED) is 0.363. The molecule has 0 rings (SSSR count). The van der Waals surface area contributed by atoms with Crippen LogP contribution >= 0.6 is 0 Å².